The molecule has 1 fully saturated rings. The van der Waals surface area contributed by atoms with Crippen LogP contribution in [0.3, 0.4) is 0 Å². The molecule has 0 aromatic carbocycles. The van der Waals surface area contributed by atoms with E-state index in [9.17, 15) is 8.42 Å². The van der Waals surface area contributed by atoms with Crippen molar-refractivity contribution in [3.8, 4) is 11.4 Å². The molecule has 1 saturated heterocycles. The van der Waals surface area contributed by atoms with E-state index in [1.807, 2.05) is 23.7 Å². The smallest absolute Gasteiger partial charge is 0.211 e. The van der Waals surface area contributed by atoms with Gasteiger partial charge in [-0.3, -0.25) is 4.68 Å². The largest absolute Gasteiger partial charge is 0.263 e. The molecule has 3 heterocycles. The molecule has 8 heteroatoms. The Balaban J connectivity index is 1.93. The van der Waals surface area contributed by atoms with Crippen LogP contribution in [0, 0.1) is 6.92 Å². The van der Waals surface area contributed by atoms with Crippen LogP contribution >= 0.6 is 0 Å². The molecule has 3 rings (SSSR count). The van der Waals surface area contributed by atoms with Crippen LogP contribution in [0.2, 0.25) is 0 Å². The molecule has 1 atom stereocenters. The van der Waals surface area contributed by atoms with Gasteiger partial charge in [0, 0.05) is 37.4 Å². The third-order valence-corrected chi connectivity index (χ3v) is 5.81. The first kappa shape index (κ1) is 18.0. The van der Waals surface area contributed by atoms with Gasteiger partial charge in [-0.25, -0.2) is 22.7 Å². The summed E-state index contributed by atoms with van der Waals surface area (Å²) in [6.07, 6.45) is 5.85. The van der Waals surface area contributed by atoms with Gasteiger partial charge in [-0.15, -0.1) is 0 Å². The van der Waals surface area contributed by atoms with Crippen molar-refractivity contribution in [3.05, 3.63) is 29.8 Å². The first-order valence-corrected chi connectivity index (χ1v) is 10.6. The van der Waals surface area contributed by atoms with Crippen LogP contribution in [0.4, 0.5) is 0 Å². The van der Waals surface area contributed by atoms with E-state index in [0.717, 1.165) is 42.9 Å². The van der Waals surface area contributed by atoms with Crippen LogP contribution < -0.4 is 0 Å². The van der Waals surface area contributed by atoms with Gasteiger partial charge in [-0.2, -0.15) is 5.10 Å². The van der Waals surface area contributed by atoms with Gasteiger partial charge in [0.05, 0.1) is 17.6 Å². The number of aromatic nitrogens is 4. The number of aryl methyl sites for hydroxylation is 2. The topological polar surface area (TPSA) is 81.0 Å². The van der Waals surface area contributed by atoms with E-state index in [4.69, 9.17) is 0 Å². The van der Waals surface area contributed by atoms with Gasteiger partial charge in [0.25, 0.3) is 0 Å². The molecule has 0 unspecified atom stereocenters. The van der Waals surface area contributed by atoms with Crippen LogP contribution in [0.1, 0.15) is 43.6 Å². The first-order valence-electron chi connectivity index (χ1n) is 8.71. The zero-order valence-corrected chi connectivity index (χ0v) is 15.8. The Bertz CT molecular complexity index is 846. The van der Waals surface area contributed by atoms with Crippen LogP contribution in [0.15, 0.2) is 18.3 Å². The van der Waals surface area contributed by atoms with Crippen molar-refractivity contribution in [2.75, 3.05) is 19.3 Å². The highest BCUT2D eigenvalue weighted by Crippen LogP contribution is 2.29. The van der Waals surface area contributed by atoms with E-state index in [1.165, 1.54) is 6.26 Å². The van der Waals surface area contributed by atoms with E-state index >= 15 is 0 Å². The van der Waals surface area contributed by atoms with Gasteiger partial charge < -0.3 is 0 Å². The van der Waals surface area contributed by atoms with Crippen LogP contribution in [-0.2, 0) is 16.6 Å². The first-order chi connectivity index (χ1) is 11.9. The lowest BCUT2D eigenvalue weighted by Crippen LogP contribution is -2.38. The highest BCUT2D eigenvalue weighted by Gasteiger charge is 2.28. The third-order valence-electron chi connectivity index (χ3n) is 4.54. The van der Waals surface area contributed by atoms with Crippen molar-refractivity contribution in [3.63, 3.8) is 0 Å². The maximum Gasteiger partial charge on any atom is 0.211 e. The monoisotopic (exact) mass is 363 g/mol. The molecule has 2 aromatic heterocycles. The highest BCUT2D eigenvalue weighted by atomic mass is 32.2. The summed E-state index contributed by atoms with van der Waals surface area (Å²) in [5, 5.41) is 4.37. The fourth-order valence-electron chi connectivity index (χ4n) is 3.36. The molecule has 1 aliphatic heterocycles. The quantitative estimate of drug-likeness (QED) is 0.813. The molecule has 1 aliphatic rings. The van der Waals surface area contributed by atoms with Crippen molar-refractivity contribution >= 4 is 10.0 Å². The number of rotatable bonds is 5. The molecule has 25 heavy (non-hydrogen) atoms. The standard InChI is InChI=1S/C17H25N5O2S/c1-4-9-22-17(7-8-18-22)16-11-15(19-13(2)20-16)14-6-5-10-21(12-14)25(3,23)24/h7-8,11,14H,4-6,9-10,12H2,1-3H3/t14-/m1/s1. The fourth-order valence-corrected chi connectivity index (χ4v) is 4.27. The van der Waals surface area contributed by atoms with E-state index in [2.05, 4.69) is 22.0 Å². The molecule has 0 amide bonds. The maximum absolute atomic E-state index is 11.9. The van der Waals surface area contributed by atoms with Crippen LogP contribution in [0.25, 0.3) is 11.4 Å². The summed E-state index contributed by atoms with van der Waals surface area (Å²) in [5.41, 5.74) is 2.74. The van der Waals surface area contributed by atoms with Crippen LogP contribution in [-0.4, -0.2) is 51.8 Å². The molecule has 0 saturated carbocycles. The number of nitrogens with zero attached hydrogens (tertiary/aromatic N) is 5. The Hall–Kier alpha value is -1.80. The predicted molar refractivity (Wildman–Crippen MR) is 96.7 cm³/mol. The molecule has 0 N–H and O–H groups in total. The zero-order chi connectivity index (χ0) is 18.0. The Labute approximate surface area is 149 Å². The Morgan fingerprint density at radius 1 is 1.32 bits per heavy atom. The number of hydrogen-bond donors (Lipinski definition) is 0. The normalized spacial score (nSPS) is 19.2. The zero-order valence-electron chi connectivity index (χ0n) is 15.0. The van der Waals surface area contributed by atoms with Crippen molar-refractivity contribution in [2.45, 2.75) is 45.6 Å². The lowest BCUT2D eigenvalue weighted by molar-refractivity contribution is 0.314. The summed E-state index contributed by atoms with van der Waals surface area (Å²) < 4.78 is 27.3. The van der Waals surface area contributed by atoms with Gasteiger partial charge in [0.15, 0.2) is 0 Å². The second-order valence-electron chi connectivity index (χ2n) is 6.63. The van der Waals surface area contributed by atoms with E-state index in [0.29, 0.717) is 18.9 Å². The van der Waals surface area contributed by atoms with Crippen LogP contribution in [0.5, 0.6) is 0 Å². The summed E-state index contributed by atoms with van der Waals surface area (Å²) in [5.74, 6) is 0.805. The molecular formula is C17H25N5O2S. The minimum absolute atomic E-state index is 0.103. The number of piperidine rings is 1. The molecule has 0 bridgehead atoms. The lowest BCUT2D eigenvalue weighted by Gasteiger charge is -2.30. The average molecular weight is 363 g/mol. The van der Waals surface area contributed by atoms with Crippen molar-refractivity contribution in [2.24, 2.45) is 0 Å². The summed E-state index contributed by atoms with van der Waals surface area (Å²) in [4.78, 5) is 9.18. The number of sulfonamides is 1. The highest BCUT2D eigenvalue weighted by molar-refractivity contribution is 7.88. The van der Waals surface area contributed by atoms with Gasteiger partial charge in [0.2, 0.25) is 10.0 Å². The van der Waals surface area contributed by atoms with E-state index < -0.39 is 10.0 Å². The summed E-state index contributed by atoms with van der Waals surface area (Å²) >= 11 is 0. The van der Waals surface area contributed by atoms with Gasteiger partial charge in [0.1, 0.15) is 5.82 Å². The lowest BCUT2D eigenvalue weighted by atomic mass is 9.95. The predicted octanol–water partition coefficient (Wildman–Crippen LogP) is 2.20. The summed E-state index contributed by atoms with van der Waals surface area (Å²) in [7, 11) is -3.17. The second-order valence-corrected chi connectivity index (χ2v) is 8.61. The molecule has 7 nitrogen and oxygen atoms in total. The maximum atomic E-state index is 11.9. The molecule has 0 aliphatic carbocycles. The minimum atomic E-state index is -3.17. The van der Waals surface area contributed by atoms with E-state index in [1.54, 1.807) is 10.5 Å². The Morgan fingerprint density at radius 2 is 2.12 bits per heavy atom. The number of hydrogen-bond acceptors (Lipinski definition) is 5. The van der Waals surface area contributed by atoms with Gasteiger partial charge >= 0.3 is 0 Å². The van der Waals surface area contributed by atoms with E-state index in [-0.39, 0.29) is 5.92 Å². The van der Waals surface area contributed by atoms with Crippen molar-refractivity contribution in [1.82, 2.24) is 24.1 Å². The van der Waals surface area contributed by atoms with Gasteiger partial charge in [-0.1, -0.05) is 6.92 Å². The van der Waals surface area contributed by atoms with Gasteiger partial charge in [-0.05, 0) is 38.3 Å². The second kappa shape index (κ2) is 7.21. The Morgan fingerprint density at radius 3 is 2.84 bits per heavy atom. The molecular weight excluding hydrogens is 338 g/mol. The Kier molecular flexibility index (Phi) is 5.19. The molecule has 136 valence electrons. The molecule has 0 radical (unpaired) electrons. The SMILES string of the molecule is CCCn1nccc1-c1cc([C@@H]2CCCN(S(C)(=O)=O)C2)nc(C)n1. The minimum Gasteiger partial charge on any atom is -0.263 e. The third kappa shape index (κ3) is 4.07. The summed E-state index contributed by atoms with van der Waals surface area (Å²) in [6, 6.07) is 3.96. The molecule has 2 aromatic rings. The van der Waals surface area contributed by atoms with Crippen molar-refractivity contribution < 1.29 is 8.42 Å². The van der Waals surface area contributed by atoms with Crippen molar-refractivity contribution in [1.29, 1.82) is 0 Å². The fraction of sp³-hybridized carbons (Fsp3) is 0.588. The average Bonchev–Trinajstić information content (AvgIpc) is 3.02. The molecule has 0 spiro atoms. The summed E-state index contributed by atoms with van der Waals surface area (Å²) in [6.45, 7) is 5.92.